The maximum atomic E-state index is 11.3. The molecule has 1 radical (unpaired) electrons. The molecule has 0 atom stereocenters. The number of aliphatic carboxylic acids is 3. The number of carboxylic acid groups (broad SMARTS) is 3. The molecule has 10 heteroatoms. The number of carbonyl (C=O) groups excluding carboxylic acids is 1. The Morgan fingerprint density at radius 2 is 1.79 bits per heavy atom. The molecule has 0 aliphatic carbocycles. The van der Waals surface area contributed by atoms with E-state index >= 15 is 0 Å². The molecule has 0 saturated heterocycles. The number of hydrogen-bond acceptors (Lipinski definition) is 5. The molecule has 0 bridgehead atoms. The van der Waals surface area contributed by atoms with E-state index in [-0.39, 0.29) is 17.1 Å². The van der Waals surface area contributed by atoms with Crippen LogP contribution in [0.4, 0.5) is 17.1 Å². The Morgan fingerprint density at radius 1 is 1.17 bits per heavy atom. The Morgan fingerprint density at radius 3 is 2.29 bits per heavy atom. The zero-order valence-corrected chi connectivity index (χ0v) is 12.2. The molecule has 1 aromatic rings. The van der Waals surface area contributed by atoms with Gasteiger partial charge in [0.2, 0.25) is 11.9 Å². The zero-order valence-electron chi connectivity index (χ0n) is 12.2. The maximum Gasteiger partial charge on any atom is 0.337 e. The topological polar surface area (TPSA) is 167 Å². The predicted octanol–water partition coefficient (Wildman–Crippen LogP) is 0.0813. The third-order valence-electron chi connectivity index (χ3n) is 2.63. The molecule has 0 aliphatic heterocycles. The van der Waals surface area contributed by atoms with Crippen molar-refractivity contribution in [1.29, 1.82) is 0 Å². The summed E-state index contributed by atoms with van der Waals surface area (Å²) < 4.78 is 0. The Bertz CT molecular complexity index is 673. The van der Waals surface area contributed by atoms with E-state index in [4.69, 9.17) is 15.3 Å². The van der Waals surface area contributed by atoms with Crippen LogP contribution in [-0.4, -0.2) is 51.7 Å². The van der Waals surface area contributed by atoms with E-state index in [1.54, 1.807) is 0 Å². The molecule has 0 aliphatic rings. The normalized spacial score (nSPS) is 9.88. The Kier molecular flexibility index (Phi) is 6.30. The first kappa shape index (κ1) is 18.5. The number of nitrogens with zero attached hydrogens (tertiary/aromatic N) is 1. The molecule has 10 nitrogen and oxygen atoms in total. The minimum Gasteiger partial charge on any atom is -0.480 e. The van der Waals surface area contributed by atoms with Crippen molar-refractivity contribution in [3.63, 3.8) is 0 Å². The molecule has 0 spiro atoms. The van der Waals surface area contributed by atoms with Crippen molar-refractivity contribution in [3.8, 4) is 0 Å². The van der Waals surface area contributed by atoms with Crippen molar-refractivity contribution in [2.24, 2.45) is 0 Å². The first-order chi connectivity index (χ1) is 11.2. The minimum atomic E-state index is -1.98. The van der Waals surface area contributed by atoms with Crippen LogP contribution in [-0.2, 0) is 19.2 Å². The van der Waals surface area contributed by atoms with Crippen molar-refractivity contribution in [2.45, 2.75) is 6.04 Å². The van der Waals surface area contributed by atoms with Crippen LogP contribution < -0.4 is 16.0 Å². The second-order valence-corrected chi connectivity index (χ2v) is 4.39. The molecular weight excluding hydrogens is 322 g/mol. The lowest BCUT2D eigenvalue weighted by Crippen LogP contribution is -2.37. The summed E-state index contributed by atoms with van der Waals surface area (Å²) >= 11 is 0. The molecule has 0 saturated carbocycles. The first-order valence-electron chi connectivity index (χ1n) is 6.43. The third-order valence-corrected chi connectivity index (χ3v) is 2.63. The molecule has 0 heterocycles. The predicted molar refractivity (Wildman–Crippen MR) is 82.2 cm³/mol. The molecule has 1 rings (SSSR count). The third kappa shape index (κ3) is 5.33. The van der Waals surface area contributed by atoms with Crippen molar-refractivity contribution in [3.05, 3.63) is 30.9 Å². The minimum absolute atomic E-state index is 0.0292. The second kappa shape index (κ2) is 8.17. The lowest BCUT2D eigenvalue weighted by atomic mass is 10.2. The van der Waals surface area contributed by atoms with Crippen LogP contribution >= 0.6 is 0 Å². The number of carbonyl (C=O) groups is 4. The monoisotopic (exact) mass is 336 g/mol. The number of hydrogen-bond donors (Lipinski definition) is 5. The van der Waals surface area contributed by atoms with Crippen LogP contribution in [0.2, 0.25) is 0 Å². The number of anilines is 2. The van der Waals surface area contributed by atoms with E-state index in [9.17, 15) is 19.2 Å². The van der Waals surface area contributed by atoms with Gasteiger partial charge >= 0.3 is 17.9 Å². The molecule has 1 amide bonds. The highest BCUT2D eigenvalue weighted by atomic mass is 16.4. The second-order valence-electron chi connectivity index (χ2n) is 4.39. The highest BCUT2D eigenvalue weighted by Gasteiger charge is 2.26. The molecule has 0 fully saturated rings. The summed E-state index contributed by atoms with van der Waals surface area (Å²) in [6.07, 6.45) is 1.01. The van der Waals surface area contributed by atoms with E-state index in [1.807, 2.05) is 0 Å². The van der Waals surface area contributed by atoms with Gasteiger partial charge in [-0.15, -0.1) is 0 Å². The maximum absolute atomic E-state index is 11.3. The van der Waals surface area contributed by atoms with Crippen molar-refractivity contribution in [2.75, 3.05) is 17.2 Å². The number of benzene rings is 1. The molecule has 0 aromatic heterocycles. The van der Waals surface area contributed by atoms with E-state index in [2.05, 4.69) is 22.5 Å². The van der Waals surface area contributed by atoms with E-state index in [0.29, 0.717) is 0 Å². The van der Waals surface area contributed by atoms with Gasteiger partial charge in [-0.2, -0.15) is 0 Å². The molecule has 5 N–H and O–H groups in total. The number of rotatable bonds is 9. The highest BCUT2D eigenvalue weighted by molar-refractivity contribution is 6.02. The molecule has 1 aromatic carbocycles. The summed E-state index contributed by atoms with van der Waals surface area (Å²) in [7, 11) is 0. The first-order valence-corrected chi connectivity index (χ1v) is 6.43. The fraction of sp³-hybridized carbons (Fsp3) is 0.143. The van der Waals surface area contributed by atoms with Gasteiger partial charge in [-0.05, 0) is 24.3 Å². The van der Waals surface area contributed by atoms with Crippen LogP contribution in [0.25, 0.3) is 0 Å². The lowest BCUT2D eigenvalue weighted by molar-refractivity contribution is -0.148. The van der Waals surface area contributed by atoms with Gasteiger partial charge in [0, 0.05) is 5.69 Å². The van der Waals surface area contributed by atoms with Gasteiger partial charge in [0.15, 0.2) is 0 Å². The number of carboxylic acids is 3. The Hall–Kier alpha value is -3.56. The fourth-order valence-corrected chi connectivity index (χ4v) is 1.60. The van der Waals surface area contributed by atoms with Crippen LogP contribution in [0.15, 0.2) is 30.9 Å². The van der Waals surface area contributed by atoms with Crippen LogP contribution in [0, 0.1) is 0 Å². The van der Waals surface area contributed by atoms with Crippen molar-refractivity contribution >= 4 is 40.9 Å². The van der Waals surface area contributed by atoms with Gasteiger partial charge in [-0.1, -0.05) is 6.58 Å². The molecule has 127 valence electrons. The molecular formula is C14H14N3O7. The van der Waals surface area contributed by atoms with Crippen LogP contribution in [0.1, 0.15) is 0 Å². The number of nitrogens with one attached hydrogen (secondary N) is 2. The standard InChI is InChI=1S/C14H14N3O7/c1-2-10(18)16-7-3-4-8(15-6-11(19)20)9(5-7)17-12(13(21)22)14(23)24/h2-5,12,17H,1,6H2,(H,16,18)(H,19,20)(H,21,22)(H,23,24). The number of amides is 1. The summed E-state index contributed by atoms with van der Waals surface area (Å²) in [4.78, 5) is 43.9. The average Bonchev–Trinajstić information content (AvgIpc) is 2.50. The zero-order chi connectivity index (χ0) is 18.3. The Labute approximate surface area is 135 Å². The smallest absolute Gasteiger partial charge is 0.337 e. The highest BCUT2D eigenvalue weighted by Crippen LogP contribution is 2.27. The van der Waals surface area contributed by atoms with Gasteiger partial charge in [-0.25, -0.2) is 9.59 Å². The fourth-order valence-electron chi connectivity index (χ4n) is 1.60. The lowest BCUT2D eigenvalue weighted by Gasteiger charge is -2.16. The van der Waals surface area contributed by atoms with Gasteiger partial charge in [0.1, 0.15) is 6.54 Å². The van der Waals surface area contributed by atoms with Crippen LogP contribution in [0.5, 0.6) is 0 Å². The van der Waals surface area contributed by atoms with E-state index in [0.717, 1.165) is 6.08 Å². The summed E-state index contributed by atoms with van der Waals surface area (Å²) in [6.45, 7) is 2.67. The summed E-state index contributed by atoms with van der Waals surface area (Å²) in [5, 5.41) is 34.9. The van der Waals surface area contributed by atoms with E-state index < -0.39 is 36.4 Å². The molecule has 0 unspecified atom stereocenters. The van der Waals surface area contributed by atoms with Gasteiger partial charge in [0.25, 0.3) is 0 Å². The Balaban J connectivity index is 3.16. The van der Waals surface area contributed by atoms with Crippen LogP contribution in [0.3, 0.4) is 0 Å². The molecule has 24 heavy (non-hydrogen) atoms. The van der Waals surface area contributed by atoms with Gasteiger partial charge in [-0.3, -0.25) is 14.9 Å². The quantitative estimate of drug-likeness (QED) is 0.312. The van der Waals surface area contributed by atoms with Gasteiger partial charge in [0.05, 0.1) is 11.4 Å². The summed E-state index contributed by atoms with van der Waals surface area (Å²) in [5.41, 5.74) is 0.181. The summed E-state index contributed by atoms with van der Waals surface area (Å²) in [6, 6.07) is 1.96. The average molecular weight is 336 g/mol. The largest absolute Gasteiger partial charge is 0.480 e. The SMILES string of the molecule is C=CC(=O)Nc1ccc([N]CC(=O)O)c(NC(C(=O)O)C(=O)O)c1. The summed E-state index contributed by atoms with van der Waals surface area (Å²) in [5.74, 6) is -5.05. The van der Waals surface area contributed by atoms with Crippen molar-refractivity contribution in [1.82, 2.24) is 5.32 Å². The van der Waals surface area contributed by atoms with Gasteiger partial charge < -0.3 is 26.0 Å². The van der Waals surface area contributed by atoms with Crippen molar-refractivity contribution < 1.29 is 34.5 Å². The van der Waals surface area contributed by atoms with E-state index in [1.165, 1.54) is 18.2 Å².